The molecule has 118 valence electrons. The molecule has 0 aliphatic heterocycles. The second kappa shape index (κ2) is 8.92. The van der Waals surface area contributed by atoms with Crippen LogP contribution in [0, 0.1) is 5.92 Å². The van der Waals surface area contributed by atoms with E-state index in [2.05, 4.69) is 59.4 Å². The van der Waals surface area contributed by atoms with Crippen molar-refractivity contribution < 1.29 is 4.74 Å². The number of rotatable bonds is 7. The van der Waals surface area contributed by atoms with Crippen molar-refractivity contribution in [3.8, 4) is 0 Å². The number of ether oxygens (including phenoxy) is 1. The van der Waals surface area contributed by atoms with E-state index in [1.165, 1.54) is 37.7 Å². The molecule has 0 amide bonds. The molecule has 1 aromatic carbocycles. The summed E-state index contributed by atoms with van der Waals surface area (Å²) < 4.78 is 7.68. The van der Waals surface area contributed by atoms with Crippen LogP contribution in [-0.2, 0) is 4.74 Å². The van der Waals surface area contributed by atoms with Crippen LogP contribution in [0.15, 0.2) is 28.7 Å². The third-order valence-electron chi connectivity index (χ3n) is 4.50. The summed E-state index contributed by atoms with van der Waals surface area (Å²) in [6.07, 6.45) is 7.03. The standard InChI is InChI=1S/C18H28BrNO/c1-3-14-8-5-6-11-17(14)21-18(13-20-4-2)15-9-7-10-16(19)12-15/h7,9-10,12,14,17-18,20H,3-6,8,11,13H2,1-2H3. The highest BCUT2D eigenvalue weighted by Gasteiger charge is 2.27. The first kappa shape index (κ1) is 17.0. The summed E-state index contributed by atoms with van der Waals surface area (Å²) in [7, 11) is 0. The first-order chi connectivity index (χ1) is 10.2. The quantitative estimate of drug-likeness (QED) is 0.737. The van der Waals surface area contributed by atoms with Gasteiger partial charge in [-0.15, -0.1) is 0 Å². The summed E-state index contributed by atoms with van der Waals surface area (Å²) in [5, 5.41) is 3.45. The topological polar surface area (TPSA) is 21.3 Å². The summed E-state index contributed by atoms with van der Waals surface area (Å²) in [6, 6.07) is 8.53. The fourth-order valence-electron chi connectivity index (χ4n) is 3.26. The molecule has 0 bridgehead atoms. The molecular formula is C18H28BrNO. The van der Waals surface area contributed by atoms with E-state index in [1.807, 2.05) is 0 Å². The van der Waals surface area contributed by atoms with Crippen molar-refractivity contribution in [2.75, 3.05) is 13.1 Å². The molecular weight excluding hydrogens is 326 g/mol. The zero-order valence-corrected chi connectivity index (χ0v) is 14.9. The fourth-order valence-corrected chi connectivity index (χ4v) is 3.67. The van der Waals surface area contributed by atoms with Crippen LogP contribution >= 0.6 is 15.9 Å². The van der Waals surface area contributed by atoms with Gasteiger partial charge in [-0.3, -0.25) is 0 Å². The lowest BCUT2D eigenvalue weighted by Crippen LogP contribution is -2.32. The Morgan fingerprint density at radius 2 is 2.10 bits per heavy atom. The fraction of sp³-hybridized carbons (Fsp3) is 0.667. The lowest BCUT2D eigenvalue weighted by Gasteiger charge is -2.34. The Kier molecular flexibility index (Phi) is 7.21. The highest BCUT2D eigenvalue weighted by molar-refractivity contribution is 9.10. The van der Waals surface area contributed by atoms with E-state index in [0.717, 1.165) is 23.5 Å². The summed E-state index contributed by atoms with van der Waals surface area (Å²) in [5.41, 5.74) is 1.27. The third-order valence-corrected chi connectivity index (χ3v) is 5.00. The van der Waals surface area contributed by atoms with Gasteiger partial charge in [-0.2, -0.15) is 0 Å². The Bertz CT molecular complexity index is 423. The van der Waals surface area contributed by atoms with Crippen molar-refractivity contribution in [2.45, 2.75) is 58.2 Å². The lowest BCUT2D eigenvalue weighted by atomic mass is 9.84. The normalized spacial score (nSPS) is 24.0. The van der Waals surface area contributed by atoms with Crippen LogP contribution in [0.3, 0.4) is 0 Å². The van der Waals surface area contributed by atoms with Crippen LogP contribution in [0.1, 0.15) is 57.6 Å². The van der Waals surface area contributed by atoms with Crippen molar-refractivity contribution in [3.63, 3.8) is 0 Å². The SMILES string of the molecule is CCNCC(OC1CCCCC1CC)c1cccc(Br)c1. The van der Waals surface area contributed by atoms with Crippen LogP contribution in [0.25, 0.3) is 0 Å². The van der Waals surface area contributed by atoms with Crippen molar-refractivity contribution in [1.82, 2.24) is 5.32 Å². The van der Waals surface area contributed by atoms with Crippen LogP contribution in [-0.4, -0.2) is 19.2 Å². The minimum atomic E-state index is 0.152. The Morgan fingerprint density at radius 3 is 2.81 bits per heavy atom. The van der Waals surface area contributed by atoms with Crippen LogP contribution < -0.4 is 5.32 Å². The highest BCUT2D eigenvalue weighted by Crippen LogP contribution is 2.33. The van der Waals surface area contributed by atoms with Crippen LogP contribution in [0.2, 0.25) is 0 Å². The molecule has 1 aliphatic carbocycles. The molecule has 0 saturated heterocycles. The van der Waals surface area contributed by atoms with Crippen molar-refractivity contribution in [1.29, 1.82) is 0 Å². The number of benzene rings is 1. The van der Waals surface area contributed by atoms with E-state index in [0.29, 0.717) is 6.10 Å². The Hall–Kier alpha value is -0.380. The van der Waals surface area contributed by atoms with Gasteiger partial charge < -0.3 is 10.1 Å². The van der Waals surface area contributed by atoms with Gasteiger partial charge in [0.15, 0.2) is 0 Å². The number of hydrogen-bond donors (Lipinski definition) is 1. The van der Waals surface area contributed by atoms with Gasteiger partial charge in [-0.1, -0.05) is 61.2 Å². The monoisotopic (exact) mass is 353 g/mol. The van der Waals surface area contributed by atoms with E-state index in [1.54, 1.807) is 0 Å². The molecule has 1 fully saturated rings. The van der Waals surface area contributed by atoms with E-state index in [-0.39, 0.29) is 6.10 Å². The van der Waals surface area contributed by atoms with Gasteiger partial charge >= 0.3 is 0 Å². The zero-order chi connectivity index (χ0) is 15.1. The van der Waals surface area contributed by atoms with Gasteiger partial charge in [-0.05, 0) is 43.0 Å². The van der Waals surface area contributed by atoms with Gasteiger partial charge in [0.2, 0.25) is 0 Å². The molecule has 1 N–H and O–H groups in total. The average Bonchev–Trinajstić information content (AvgIpc) is 2.51. The van der Waals surface area contributed by atoms with Crippen molar-refractivity contribution in [3.05, 3.63) is 34.3 Å². The van der Waals surface area contributed by atoms with Crippen LogP contribution in [0.4, 0.5) is 0 Å². The number of hydrogen-bond acceptors (Lipinski definition) is 2. The van der Waals surface area contributed by atoms with Gasteiger partial charge in [0.1, 0.15) is 0 Å². The number of halogens is 1. The minimum absolute atomic E-state index is 0.152. The van der Waals surface area contributed by atoms with Crippen molar-refractivity contribution >= 4 is 15.9 Å². The smallest absolute Gasteiger partial charge is 0.0953 e. The molecule has 0 aromatic heterocycles. The molecule has 0 spiro atoms. The predicted octanol–water partition coefficient (Wildman–Crippen LogP) is 5.09. The van der Waals surface area contributed by atoms with Gasteiger partial charge in [-0.25, -0.2) is 0 Å². The lowest BCUT2D eigenvalue weighted by molar-refractivity contribution is -0.0614. The second-order valence-corrected chi connectivity index (χ2v) is 6.89. The van der Waals surface area contributed by atoms with E-state index >= 15 is 0 Å². The molecule has 3 atom stereocenters. The predicted molar refractivity (Wildman–Crippen MR) is 92.5 cm³/mol. The highest BCUT2D eigenvalue weighted by atomic mass is 79.9. The van der Waals surface area contributed by atoms with Crippen molar-refractivity contribution in [2.24, 2.45) is 5.92 Å². The molecule has 2 nitrogen and oxygen atoms in total. The number of likely N-dealkylation sites (N-methyl/N-ethyl adjacent to an activating group) is 1. The molecule has 1 aliphatic rings. The summed E-state index contributed by atoms with van der Waals surface area (Å²) >= 11 is 3.57. The molecule has 1 aromatic rings. The summed E-state index contributed by atoms with van der Waals surface area (Å²) in [5.74, 6) is 0.732. The molecule has 2 rings (SSSR count). The largest absolute Gasteiger partial charge is 0.369 e. The van der Waals surface area contributed by atoms with E-state index in [4.69, 9.17) is 4.74 Å². The number of nitrogens with one attached hydrogen (secondary N) is 1. The maximum atomic E-state index is 6.55. The molecule has 0 radical (unpaired) electrons. The van der Waals surface area contributed by atoms with Gasteiger partial charge in [0.25, 0.3) is 0 Å². The average molecular weight is 354 g/mol. The van der Waals surface area contributed by atoms with Gasteiger partial charge in [0.05, 0.1) is 12.2 Å². The molecule has 21 heavy (non-hydrogen) atoms. The zero-order valence-electron chi connectivity index (χ0n) is 13.3. The van der Waals surface area contributed by atoms with E-state index in [9.17, 15) is 0 Å². The van der Waals surface area contributed by atoms with Crippen LogP contribution in [0.5, 0.6) is 0 Å². The second-order valence-electron chi connectivity index (χ2n) is 5.98. The Balaban J connectivity index is 2.08. The minimum Gasteiger partial charge on any atom is -0.369 e. The molecule has 0 heterocycles. The summed E-state index contributed by atoms with van der Waals surface area (Å²) in [6.45, 7) is 6.31. The van der Waals surface area contributed by atoms with Gasteiger partial charge in [0, 0.05) is 11.0 Å². The molecule has 3 heteroatoms. The summed E-state index contributed by atoms with van der Waals surface area (Å²) in [4.78, 5) is 0. The third kappa shape index (κ3) is 5.08. The first-order valence-electron chi connectivity index (χ1n) is 8.36. The first-order valence-corrected chi connectivity index (χ1v) is 9.15. The maximum Gasteiger partial charge on any atom is 0.0953 e. The molecule has 3 unspecified atom stereocenters. The van der Waals surface area contributed by atoms with E-state index < -0.39 is 0 Å². The maximum absolute atomic E-state index is 6.55. The molecule has 1 saturated carbocycles. The Morgan fingerprint density at radius 1 is 1.29 bits per heavy atom. The Labute approximate surface area is 137 Å².